The Morgan fingerprint density at radius 2 is 2.35 bits per heavy atom. The molecule has 5 heteroatoms. The van der Waals surface area contributed by atoms with E-state index in [1.807, 2.05) is 0 Å². The summed E-state index contributed by atoms with van der Waals surface area (Å²) in [6.45, 7) is 2.12. The van der Waals surface area contributed by atoms with Crippen LogP contribution in [0.25, 0.3) is 0 Å². The number of fused-ring (bicyclic) bond motifs is 1. The fourth-order valence-corrected chi connectivity index (χ4v) is 1.70. The first-order valence-corrected chi connectivity index (χ1v) is 5.82. The maximum absolute atomic E-state index is 11.6. The van der Waals surface area contributed by atoms with Gasteiger partial charge < -0.3 is 10.1 Å². The maximum atomic E-state index is 11.6. The van der Waals surface area contributed by atoms with Crippen LogP contribution in [-0.2, 0) is 4.79 Å². The Morgan fingerprint density at radius 3 is 3.06 bits per heavy atom. The van der Waals surface area contributed by atoms with Crippen molar-refractivity contribution in [3.8, 4) is 5.75 Å². The lowest BCUT2D eigenvalue weighted by atomic mass is 10.1. The largest absolute Gasteiger partial charge is 0.491 e. The highest BCUT2D eigenvalue weighted by Crippen LogP contribution is 2.29. The molecule has 1 aliphatic heterocycles. The molecule has 0 spiro atoms. The van der Waals surface area contributed by atoms with Crippen LogP contribution < -0.4 is 10.1 Å². The van der Waals surface area contributed by atoms with Crippen LogP contribution in [0.2, 0.25) is 0 Å². The summed E-state index contributed by atoms with van der Waals surface area (Å²) in [5.74, 6) is -0.00656. The van der Waals surface area contributed by atoms with Gasteiger partial charge in [0, 0.05) is 5.56 Å². The number of benzene rings is 1. The number of rotatable bonds is 2. The molecule has 17 heavy (non-hydrogen) atoms. The molecule has 4 nitrogen and oxygen atoms in total. The smallest absolute Gasteiger partial charge is 0.230 e. The van der Waals surface area contributed by atoms with Crippen molar-refractivity contribution >= 4 is 29.0 Å². The van der Waals surface area contributed by atoms with Gasteiger partial charge in [0.05, 0.1) is 24.1 Å². The van der Waals surface area contributed by atoms with E-state index in [-0.39, 0.29) is 23.5 Å². The molecule has 0 aliphatic carbocycles. The number of ketones is 1. The first-order valence-electron chi connectivity index (χ1n) is 5.28. The van der Waals surface area contributed by atoms with Crippen LogP contribution in [0, 0.1) is 5.92 Å². The van der Waals surface area contributed by atoms with Gasteiger partial charge in [-0.25, -0.2) is 0 Å². The van der Waals surface area contributed by atoms with E-state index in [9.17, 15) is 9.59 Å². The van der Waals surface area contributed by atoms with Crippen molar-refractivity contribution in [2.24, 2.45) is 5.92 Å². The fraction of sp³-hybridized carbons (Fsp3) is 0.333. The lowest BCUT2D eigenvalue weighted by Gasteiger charge is -2.08. The number of hydrogen-bond donors (Lipinski definition) is 1. The van der Waals surface area contributed by atoms with E-state index < -0.39 is 0 Å². The normalized spacial score (nSPS) is 18.7. The van der Waals surface area contributed by atoms with Crippen LogP contribution in [0.1, 0.15) is 17.3 Å². The van der Waals surface area contributed by atoms with Crippen LogP contribution in [0.15, 0.2) is 18.2 Å². The van der Waals surface area contributed by atoms with Crippen molar-refractivity contribution in [2.75, 3.05) is 17.8 Å². The number of carbonyl (C=O) groups excluding carboxylic acids is 2. The fourth-order valence-electron chi connectivity index (χ4n) is 1.55. The van der Waals surface area contributed by atoms with Gasteiger partial charge in [0.2, 0.25) is 5.91 Å². The molecule has 2 rings (SSSR count). The zero-order valence-electron chi connectivity index (χ0n) is 9.33. The van der Waals surface area contributed by atoms with E-state index in [4.69, 9.17) is 16.3 Å². The highest BCUT2D eigenvalue weighted by Gasteiger charge is 2.21. The summed E-state index contributed by atoms with van der Waals surface area (Å²) in [5, 5.41) is 2.73. The summed E-state index contributed by atoms with van der Waals surface area (Å²) in [6.07, 6.45) is 0. The number of carbonyl (C=O) groups is 2. The average Bonchev–Trinajstić information content (AvgIpc) is 2.48. The molecule has 1 amide bonds. The van der Waals surface area contributed by atoms with Crippen LogP contribution in [0.5, 0.6) is 5.75 Å². The predicted octanol–water partition coefficient (Wildman–Crippen LogP) is 2.08. The first kappa shape index (κ1) is 11.9. The van der Waals surface area contributed by atoms with E-state index in [1.54, 1.807) is 25.1 Å². The van der Waals surface area contributed by atoms with Gasteiger partial charge in [-0.15, -0.1) is 11.6 Å². The SMILES string of the molecule is CC1COc2ccc(C(=O)CCl)cc2NC1=O. The van der Waals surface area contributed by atoms with Crippen LogP contribution in [0.3, 0.4) is 0 Å². The Labute approximate surface area is 104 Å². The number of Topliss-reactive ketones (excluding diaryl/α,β-unsaturated/α-hetero) is 1. The van der Waals surface area contributed by atoms with Crippen molar-refractivity contribution in [1.82, 2.24) is 0 Å². The molecule has 0 aromatic heterocycles. The molecule has 1 heterocycles. The molecular formula is C12H12ClNO3. The van der Waals surface area contributed by atoms with Crippen molar-refractivity contribution in [3.63, 3.8) is 0 Å². The quantitative estimate of drug-likeness (QED) is 0.649. The van der Waals surface area contributed by atoms with Crippen molar-refractivity contribution < 1.29 is 14.3 Å². The molecule has 0 saturated carbocycles. The minimum atomic E-state index is -0.213. The number of amides is 1. The average molecular weight is 254 g/mol. The second-order valence-corrected chi connectivity index (χ2v) is 4.24. The Balaban J connectivity index is 2.35. The van der Waals surface area contributed by atoms with E-state index in [0.29, 0.717) is 23.6 Å². The number of alkyl halides is 1. The van der Waals surface area contributed by atoms with Crippen molar-refractivity contribution in [1.29, 1.82) is 0 Å². The summed E-state index contributed by atoms with van der Waals surface area (Å²) < 4.78 is 5.47. The molecular weight excluding hydrogens is 242 g/mol. The van der Waals surface area contributed by atoms with Crippen LogP contribution >= 0.6 is 11.6 Å². The molecule has 1 aromatic carbocycles. The highest BCUT2D eigenvalue weighted by molar-refractivity contribution is 6.30. The zero-order valence-corrected chi connectivity index (χ0v) is 10.1. The van der Waals surface area contributed by atoms with Gasteiger partial charge in [-0.2, -0.15) is 0 Å². The van der Waals surface area contributed by atoms with E-state index in [0.717, 1.165) is 0 Å². The molecule has 90 valence electrons. The molecule has 1 aromatic rings. The van der Waals surface area contributed by atoms with Gasteiger partial charge in [0.1, 0.15) is 5.75 Å². The maximum Gasteiger partial charge on any atom is 0.230 e. The molecule has 0 bridgehead atoms. The molecule has 1 aliphatic rings. The lowest BCUT2D eigenvalue weighted by molar-refractivity contribution is -0.119. The number of ether oxygens (including phenoxy) is 1. The van der Waals surface area contributed by atoms with Gasteiger partial charge in [-0.3, -0.25) is 9.59 Å². The number of hydrogen-bond acceptors (Lipinski definition) is 3. The van der Waals surface area contributed by atoms with Gasteiger partial charge in [-0.05, 0) is 18.2 Å². The molecule has 0 radical (unpaired) electrons. The molecule has 0 saturated heterocycles. The van der Waals surface area contributed by atoms with E-state index >= 15 is 0 Å². The molecule has 1 N–H and O–H groups in total. The zero-order chi connectivity index (χ0) is 12.4. The van der Waals surface area contributed by atoms with Gasteiger partial charge >= 0.3 is 0 Å². The molecule has 1 atom stereocenters. The third-order valence-electron chi connectivity index (χ3n) is 2.62. The Hall–Kier alpha value is -1.55. The van der Waals surface area contributed by atoms with E-state index in [1.165, 1.54) is 0 Å². The number of nitrogens with one attached hydrogen (secondary N) is 1. The number of anilines is 1. The predicted molar refractivity (Wildman–Crippen MR) is 64.8 cm³/mol. The molecule has 0 fully saturated rings. The highest BCUT2D eigenvalue weighted by atomic mass is 35.5. The minimum absolute atomic E-state index is 0.0794. The summed E-state index contributed by atoms with van der Waals surface area (Å²) >= 11 is 5.49. The Bertz CT molecular complexity index is 473. The minimum Gasteiger partial charge on any atom is -0.491 e. The summed E-state index contributed by atoms with van der Waals surface area (Å²) in [6, 6.07) is 4.91. The van der Waals surface area contributed by atoms with Gasteiger partial charge in [0.15, 0.2) is 5.78 Å². The topological polar surface area (TPSA) is 55.4 Å². The standard InChI is InChI=1S/C12H12ClNO3/c1-7-6-17-11-3-2-8(10(15)5-13)4-9(11)14-12(7)16/h2-4,7H,5-6H2,1H3,(H,14,16). The summed E-state index contributed by atoms with van der Waals surface area (Å²) in [4.78, 5) is 23.1. The summed E-state index contributed by atoms with van der Waals surface area (Å²) in [5.41, 5.74) is 0.993. The lowest BCUT2D eigenvalue weighted by Crippen LogP contribution is -2.22. The molecule has 1 unspecified atom stereocenters. The Morgan fingerprint density at radius 1 is 1.59 bits per heavy atom. The monoisotopic (exact) mass is 253 g/mol. The second kappa shape index (κ2) is 4.75. The first-order chi connectivity index (χ1) is 8.11. The van der Waals surface area contributed by atoms with Crippen molar-refractivity contribution in [3.05, 3.63) is 23.8 Å². The Kier molecular flexibility index (Phi) is 3.33. The van der Waals surface area contributed by atoms with Crippen molar-refractivity contribution in [2.45, 2.75) is 6.92 Å². The van der Waals surface area contributed by atoms with Crippen LogP contribution in [-0.4, -0.2) is 24.2 Å². The van der Waals surface area contributed by atoms with Crippen LogP contribution in [0.4, 0.5) is 5.69 Å². The third kappa shape index (κ3) is 2.42. The second-order valence-electron chi connectivity index (χ2n) is 3.97. The summed E-state index contributed by atoms with van der Waals surface area (Å²) in [7, 11) is 0. The van der Waals surface area contributed by atoms with E-state index in [2.05, 4.69) is 5.32 Å². The van der Waals surface area contributed by atoms with Gasteiger partial charge in [-0.1, -0.05) is 6.92 Å². The third-order valence-corrected chi connectivity index (χ3v) is 2.86. The number of halogens is 1. The van der Waals surface area contributed by atoms with Gasteiger partial charge in [0.25, 0.3) is 0 Å².